The number of benzene rings is 1. The van der Waals surface area contributed by atoms with Gasteiger partial charge in [-0.1, -0.05) is 19.3 Å². The van der Waals surface area contributed by atoms with Gasteiger partial charge in [-0.2, -0.15) is 4.31 Å². The molecule has 2 atom stereocenters. The van der Waals surface area contributed by atoms with Crippen molar-refractivity contribution >= 4 is 15.9 Å². The number of sulfonamides is 1. The molecular formula is C22H26F2N4O3S. The molecule has 0 bridgehead atoms. The van der Waals surface area contributed by atoms with Crippen LogP contribution < -0.4 is 5.32 Å². The van der Waals surface area contributed by atoms with E-state index in [1.54, 1.807) is 0 Å². The fraction of sp³-hybridized carbons (Fsp3) is 0.500. The van der Waals surface area contributed by atoms with Crippen LogP contribution >= 0.6 is 0 Å². The molecule has 10 heteroatoms. The van der Waals surface area contributed by atoms with Gasteiger partial charge in [-0.25, -0.2) is 27.2 Å². The van der Waals surface area contributed by atoms with Gasteiger partial charge in [-0.15, -0.1) is 0 Å². The molecule has 1 aromatic heterocycles. The molecule has 4 rings (SSSR count). The summed E-state index contributed by atoms with van der Waals surface area (Å²) in [6.45, 7) is -0.323. The van der Waals surface area contributed by atoms with Crippen molar-refractivity contribution in [3.05, 3.63) is 53.9 Å². The Morgan fingerprint density at radius 2 is 1.84 bits per heavy atom. The first-order valence-corrected chi connectivity index (χ1v) is 12.3. The van der Waals surface area contributed by atoms with E-state index in [2.05, 4.69) is 15.3 Å². The molecule has 2 aliphatic rings. The molecule has 2 fully saturated rings. The molecule has 2 heterocycles. The lowest BCUT2D eigenvalue weighted by Gasteiger charge is -2.23. The summed E-state index contributed by atoms with van der Waals surface area (Å²) in [4.78, 5) is 21.2. The van der Waals surface area contributed by atoms with Gasteiger partial charge >= 0.3 is 0 Å². The van der Waals surface area contributed by atoms with Crippen LogP contribution in [0.3, 0.4) is 0 Å². The number of aromatic nitrogens is 2. The lowest BCUT2D eigenvalue weighted by Crippen LogP contribution is -2.45. The first-order valence-electron chi connectivity index (χ1n) is 10.8. The van der Waals surface area contributed by atoms with Gasteiger partial charge in [0.2, 0.25) is 15.9 Å². The molecule has 1 saturated carbocycles. The Labute approximate surface area is 186 Å². The van der Waals surface area contributed by atoms with Crippen LogP contribution in [0.5, 0.6) is 0 Å². The maximum absolute atomic E-state index is 14.1. The number of hydrogen-bond donors (Lipinski definition) is 1. The minimum absolute atomic E-state index is 0.0962. The fourth-order valence-electron chi connectivity index (χ4n) is 4.43. The van der Waals surface area contributed by atoms with E-state index >= 15 is 0 Å². The van der Waals surface area contributed by atoms with Crippen molar-refractivity contribution in [3.8, 4) is 0 Å². The summed E-state index contributed by atoms with van der Waals surface area (Å²) >= 11 is 0. The summed E-state index contributed by atoms with van der Waals surface area (Å²) in [7, 11) is -4.15. The topological polar surface area (TPSA) is 92.3 Å². The van der Waals surface area contributed by atoms with Crippen molar-refractivity contribution in [1.82, 2.24) is 19.6 Å². The molecule has 1 aliphatic carbocycles. The summed E-state index contributed by atoms with van der Waals surface area (Å²) in [5, 5.41) is 2.69. The molecule has 172 valence electrons. The van der Waals surface area contributed by atoms with Crippen LogP contribution in [0.2, 0.25) is 0 Å². The van der Waals surface area contributed by atoms with Gasteiger partial charge < -0.3 is 5.32 Å². The number of rotatable bonds is 6. The van der Waals surface area contributed by atoms with Gasteiger partial charge in [0.1, 0.15) is 24.4 Å². The van der Waals surface area contributed by atoms with Crippen LogP contribution in [0.25, 0.3) is 0 Å². The highest BCUT2D eigenvalue weighted by atomic mass is 32.2. The van der Waals surface area contributed by atoms with Gasteiger partial charge in [0.05, 0.1) is 17.1 Å². The van der Waals surface area contributed by atoms with Crippen molar-refractivity contribution in [3.63, 3.8) is 0 Å². The number of nitrogens with one attached hydrogen (secondary N) is 1. The van der Waals surface area contributed by atoms with Gasteiger partial charge in [0, 0.05) is 24.6 Å². The van der Waals surface area contributed by atoms with Crippen molar-refractivity contribution in [1.29, 1.82) is 0 Å². The largest absolute Gasteiger partial charge is 0.349 e. The van der Waals surface area contributed by atoms with Crippen molar-refractivity contribution < 1.29 is 22.0 Å². The molecule has 1 amide bonds. The van der Waals surface area contributed by atoms with Crippen molar-refractivity contribution in [2.75, 3.05) is 6.54 Å². The van der Waals surface area contributed by atoms with E-state index in [1.165, 1.54) is 25.6 Å². The van der Waals surface area contributed by atoms with Gasteiger partial charge in [-0.3, -0.25) is 4.79 Å². The van der Waals surface area contributed by atoms with E-state index in [-0.39, 0.29) is 17.9 Å². The predicted octanol–water partition coefficient (Wildman–Crippen LogP) is 3.08. The van der Waals surface area contributed by atoms with E-state index in [1.807, 2.05) is 6.07 Å². The second-order valence-corrected chi connectivity index (χ2v) is 10.3. The monoisotopic (exact) mass is 464 g/mol. The Bertz CT molecular complexity index is 1060. The highest BCUT2D eigenvalue weighted by Gasteiger charge is 2.44. The number of halogens is 2. The molecule has 32 heavy (non-hydrogen) atoms. The maximum atomic E-state index is 14.1. The molecule has 0 spiro atoms. The van der Waals surface area contributed by atoms with Crippen molar-refractivity contribution in [2.24, 2.45) is 0 Å². The third kappa shape index (κ3) is 4.96. The Morgan fingerprint density at radius 3 is 2.56 bits per heavy atom. The zero-order valence-corrected chi connectivity index (χ0v) is 18.4. The number of amides is 1. The van der Waals surface area contributed by atoms with Crippen LogP contribution in [0.1, 0.15) is 55.8 Å². The van der Waals surface area contributed by atoms with Crippen LogP contribution in [-0.4, -0.2) is 47.4 Å². The third-order valence-electron chi connectivity index (χ3n) is 6.14. The van der Waals surface area contributed by atoms with E-state index in [0.717, 1.165) is 47.1 Å². The Morgan fingerprint density at radius 1 is 1.12 bits per heavy atom. The molecule has 7 nitrogen and oxygen atoms in total. The highest BCUT2D eigenvalue weighted by molar-refractivity contribution is 7.89. The molecule has 2 unspecified atom stereocenters. The first-order chi connectivity index (χ1) is 15.3. The number of nitrogens with zero attached hydrogens (tertiary/aromatic N) is 3. The predicted molar refractivity (Wildman–Crippen MR) is 113 cm³/mol. The lowest BCUT2D eigenvalue weighted by molar-refractivity contribution is -0.124. The molecule has 1 N–H and O–H groups in total. The Hall–Kier alpha value is -2.46. The van der Waals surface area contributed by atoms with E-state index < -0.39 is 40.5 Å². The molecular weight excluding hydrogens is 438 g/mol. The normalized spacial score (nSPS) is 22.7. The zero-order chi connectivity index (χ0) is 22.7. The number of hydrogen-bond acceptors (Lipinski definition) is 5. The molecule has 0 radical (unpaired) electrons. The summed E-state index contributed by atoms with van der Waals surface area (Å²) in [6, 6.07) is 4.95. The first kappa shape index (κ1) is 22.7. The third-order valence-corrected chi connectivity index (χ3v) is 8.03. The quantitative estimate of drug-likeness (QED) is 0.709. The Kier molecular flexibility index (Phi) is 6.80. The SMILES string of the molecule is O=C(NCc1cc(C2CCCCC2)ncn1)C1CC(F)CN1S(=O)(=O)c1ccc(F)cc1. The van der Waals surface area contributed by atoms with E-state index in [0.29, 0.717) is 11.6 Å². The number of carbonyl (C=O) groups is 1. The average molecular weight is 465 g/mol. The fourth-order valence-corrected chi connectivity index (χ4v) is 6.06. The van der Waals surface area contributed by atoms with Gasteiger partial charge in [-0.05, 0) is 43.2 Å². The van der Waals surface area contributed by atoms with Crippen LogP contribution in [0.15, 0.2) is 41.6 Å². The van der Waals surface area contributed by atoms with Crippen LogP contribution in [-0.2, 0) is 21.4 Å². The highest BCUT2D eigenvalue weighted by Crippen LogP contribution is 2.31. The van der Waals surface area contributed by atoms with Gasteiger partial charge in [0.15, 0.2) is 0 Å². The summed E-state index contributed by atoms with van der Waals surface area (Å²) in [5.74, 6) is -0.784. The smallest absolute Gasteiger partial charge is 0.243 e. The van der Waals surface area contributed by atoms with Gasteiger partial charge in [0.25, 0.3) is 0 Å². The number of alkyl halides is 1. The summed E-state index contributed by atoms with van der Waals surface area (Å²) < 4.78 is 54.1. The number of carbonyl (C=O) groups excluding carboxylic acids is 1. The average Bonchev–Trinajstić information content (AvgIpc) is 3.21. The zero-order valence-electron chi connectivity index (χ0n) is 17.6. The minimum atomic E-state index is -4.15. The standard InChI is InChI=1S/C22H26F2N4O3S/c23-16-6-8-19(9-7-16)32(30,31)28-13-17(24)10-21(28)22(29)25-12-18-11-20(27-14-26-18)15-4-2-1-3-5-15/h6-9,11,14-15,17,21H,1-5,10,12-13H2,(H,25,29). The molecule has 2 aromatic rings. The van der Waals surface area contributed by atoms with Crippen LogP contribution in [0.4, 0.5) is 8.78 Å². The molecule has 1 aliphatic heterocycles. The summed E-state index contributed by atoms with van der Waals surface area (Å²) in [5.41, 5.74) is 1.57. The second-order valence-electron chi connectivity index (χ2n) is 8.36. The second kappa shape index (κ2) is 9.58. The Balaban J connectivity index is 1.44. The summed E-state index contributed by atoms with van der Waals surface area (Å²) in [6.07, 6.45) is 5.53. The van der Waals surface area contributed by atoms with E-state index in [9.17, 15) is 22.0 Å². The molecule has 1 saturated heterocycles. The lowest BCUT2D eigenvalue weighted by atomic mass is 9.86. The minimum Gasteiger partial charge on any atom is -0.349 e. The van der Waals surface area contributed by atoms with Crippen molar-refractivity contribution in [2.45, 2.75) is 68.1 Å². The maximum Gasteiger partial charge on any atom is 0.243 e. The van der Waals surface area contributed by atoms with Crippen LogP contribution in [0, 0.1) is 5.82 Å². The van der Waals surface area contributed by atoms with E-state index in [4.69, 9.17) is 0 Å². The molecule has 1 aromatic carbocycles.